The van der Waals surface area contributed by atoms with Crippen molar-refractivity contribution < 1.29 is 14.3 Å². The molecule has 3 rings (SSSR count). The van der Waals surface area contributed by atoms with Crippen LogP contribution < -0.4 is 0 Å². The lowest BCUT2D eigenvalue weighted by atomic mass is 10.1. The third kappa shape index (κ3) is 2.46. The molecule has 0 spiro atoms. The number of hydrogen-bond donors (Lipinski definition) is 1. The molecule has 2 heterocycles. The molecular formula is C11H11ClN4O3. The van der Waals surface area contributed by atoms with Crippen molar-refractivity contribution in [2.75, 3.05) is 0 Å². The maximum absolute atomic E-state index is 11.0. The van der Waals surface area contributed by atoms with E-state index in [2.05, 4.69) is 15.5 Å². The highest BCUT2D eigenvalue weighted by molar-refractivity contribution is 6.28. The normalized spacial score (nSPS) is 16.5. The fraction of sp³-hybridized carbons (Fsp3) is 0.455. The van der Waals surface area contributed by atoms with Crippen molar-refractivity contribution >= 4 is 17.6 Å². The highest BCUT2D eigenvalue weighted by Gasteiger charge is 2.36. The Morgan fingerprint density at radius 1 is 1.58 bits per heavy atom. The van der Waals surface area contributed by atoms with E-state index in [0.717, 1.165) is 12.8 Å². The van der Waals surface area contributed by atoms with E-state index in [1.807, 2.05) is 0 Å². The summed E-state index contributed by atoms with van der Waals surface area (Å²) >= 11 is 5.73. The molecule has 0 radical (unpaired) electrons. The largest absolute Gasteiger partial charge is 0.481 e. The van der Waals surface area contributed by atoms with Crippen LogP contribution in [0.3, 0.4) is 0 Å². The van der Waals surface area contributed by atoms with E-state index in [-0.39, 0.29) is 17.7 Å². The zero-order valence-corrected chi connectivity index (χ0v) is 10.6. The number of carboxylic acids is 1. The van der Waals surface area contributed by atoms with Gasteiger partial charge in [-0.3, -0.25) is 4.79 Å². The van der Waals surface area contributed by atoms with E-state index in [0.29, 0.717) is 17.5 Å². The van der Waals surface area contributed by atoms with Crippen molar-refractivity contribution in [3.05, 3.63) is 17.4 Å². The molecule has 0 saturated heterocycles. The molecular weight excluding hydrogens is 272 g/mol. The summed E-state index contributed by atoms with van der Waals surface area (Å²) in [7, 11) is 0. The summed E-state index contributed by atoms with van der Waals surface area (Å²) in [5, 5.41) is 20.7. The number of aliphatic carboxylic acids is 1. The molecule has 8 heteroatoms. The van der Waals surface area contributed by atoms with E-state index in [4.69, 9.17) is 21.1 Å². The molecule has 1 N–H and O–H groups in total. The third-order valence-corrected chi connectivity index (χ3v) is 3.35. The number of carbonyl (C=O) groups is 1. The molecule has 1 saturated carbocycles. The SMILES string of the molecule is O=C(O)CC(C1CC1)n1nnnc1-c1ccc(Cl)o1. The molecule has 100 valence electrons. The van der Waals surface area contributed by atoms with Gasteiger partial charge in [0.25, 0.3) is 0 Å². The van der Waals surface area contributed by atoms with Gasteiger partial charge >= 0.3 is 5.97 Å². The highest BCUT2D eigenvalue weighted by Crippen LogP contribution is 2.42. The number of halogens is 1. The van der Waals surface area contributed by atoms with Gasteiger partial charge in [0.2, 0.25) is 5.82 Å². The summed E-state index contributed by atoms with van der Waals surface area (Å²) in [6.45, 7) is 0. The minimum absolute atomic E-state index is 0.00283. The van der Waals surface area contributed by atoms with Crippen LogP contribution in [0.1, 0.15) is 25.3 Å². The van der Waals surface area contributed by atoms with Crippen LogP contribution in [0.2, 0.25) is 5.22 Å². The van der Waals surface area contributed by atoms with Crippen LogP contribution in [0.15, 0.2) is 16.5 Å². The fourth-order valence-corrected chi connectivity index (χ4v) is 2.27. The molecule has 1 aliphatic carbocycles. The molecule has 2 aromatic rings. The molecule has 0 aromatic carbocycles. The fourth-order valence-electron chi connectivity index (χ4n) is 2.13. The lowest BCUT2D eigenvalue weighted by Crippen LogP contribution is -2.18. The predicted octanol–water partition coefficient (Wildman–Crippen LogP) is 2.01. The summed E-state index contributed by atoms with van der Waals surface area (Å²) in [5.41, 5.74) is 0. The van der Waals surface area contributed by atoms with Crippen LogP contribution in [0, 0.1) is 5.92 Å². The number of furan rings is 1. The number of tetrazole rings is 1. The minimum atomic E-state index is -0.865. The smallest absolute Gasteiger partial charge is 0.305 e. The van der Waals surface area contributed by atoms with E-state index in [1.165, 1.54) is 4.68 Å². The molecule has 1 aliphatic rings. The first-order valence-electron chi connectivity index (χ1n) is 5.90. The molecule has 2 aromatic heterocycles. The number of aromatic nitrogens is 4. The van der Waals surface area contributed by atoms with Gasteiger partial charge in [-0.25, -0.2) is 4.68 Å². The van der Waals surface area contributed by atoms with Crippen molar-refractivity contribution in [2.24, 2.45) is 5.92 Å². The topological polar surface area (TPSA) is 94.0 Å². The average Bonchev–Trinajstić information content (AvgIpc) is 2.92. The first-order valence-corrected chi connectivity index (χ1v) is 6.28. The number of carboxylic acid groups (broad SMARTS) is 1. The maximum atomic E-state index is 11.0. The van der Waals surface area contributed by atoms with Crippen LogP contribution in [-0.2, 0) is 4.79 Å². The lowest BCUT2D eigenvalue weighted by molar-refractivity contribution is -0.138. The van der Waals surface area contributed by atoms with Crippen molar-refractivity contribution in [3.8, 4) is 11.6 Å². The summed E-state index contributed by atoms with van der Waals surface area (Å²) in [5.74, 6) is 0.288. The molecule has 1 unspecified atom stereocenters. The zero-order valence-electron chi connectivity index (χ0n) is 9.86. The second kappa shape index (κ2) is 4.65. The minimum Gasteiger partial charge on any atom is -0.481 e. The Morgan fingerprint density at radius 2 is 2.37 bits per heavy atom. The van der Waals surface area contributed by atoms with Crippen LogP contribution in [-0.4, -0.2) is 31.3 Å². The molecule has 0 amide bonds. The van der Waals surface area contributed by atoms with Gasteiger partial charge in [0.15, 0.2) is 11.0 Å². The van der Waals surface area contributed by atoms with Crippen LogP contribution in [0.5, 0.6) is 0 Å². The van der Waals surface area contributed by atoms with E-state index >= 15 is 0 Å². The Hall–Kier alpha value is -1.89. The van der Waals surface area contributed by atoms with Crippen LogP contribution in [0.25, 0.3) is 11.6 Å². The molecule has 1 fully saturated rings. The summed E-state index contributed by atoms with van der Waals surface area (Å²) in [4.78, 5) is 11.0. The highest BCUT2D eigenvalue weighted by atomic mass is 35.5. The average molecular weight is 283 g/mol. The molecule has 7 nitrogen and oxygen atoms in total. The van der Waals surface area contributed by atoms with E-state index in [9.17, 15) is 4.79 Å². The number of nitrogens with zero attached hydrogens (tertiary/aromatic N) is 4. The third-order valence-electron chi connectivity index (χ3n) is 3.15. The van der Waals surface area contributed by atoms with Gasteiger partial charge in [0.05, 0.1) is 12.5 Å². The second-order valence-electron chi connectivity index (χ2n) is 4.55. The molecule has 0 aliphatic heterocycles. The van der Waals surface area contributed by atoms with E-state index < -0.39 is 5.97 Å². The van der Waals surface area contributed by atoms with Crippen molar-refractivity contribution in [1.29, 1.82) is 0 Å². The van der Waals surface area contributed by atoms with Crippen LogP contribution >= 0.6 is 11.6 Å². The monoisotopic (exact) mass is 282 g/mol. The Kier molecular flexibility index (Phi) is 2.98. The van der Waals surface area contributed by atoms with Gasteiger partial charge in [-0.2, -0.15) is 0 Å². The lowest BCUT2D eigenvalue weighted by Gasteiger charge is -2.14. The first kappa shape index (κ1) is 12.2. The Morgan fingerprint density at radius 3 is 2.95 bits per heavy atom. The summed E-state index contributed by atoms with van der Waals surface area (Å²) < 4.78 is 6.81. The van der Waals surface area contributed by atoms with Crippen molar-refractivity contribution in [1.82, 2.24) is 20.2 Å². The Balaban J connectivity index is 1.95. The second-order valence-corrected chi connectivity index (χ2v) is 4.93. The Bertz CT molecular complexity index is 605. The molecule has 1 atom stereocenters. The molecule has 0 bridgehead atoms. The van der Waals surface area contributed by atoms with Gasteiger partial charge in [-0.1, -0.05) is 0 Å². The van der Waals surface area contributed by atoms with Crippen LogP contribution in [0.4, 0.5) is 0 Å². The van der Waals surface area contributed by atoms with Crippen molar-refractivity contribution in [3.63, 3.8) is 0 Å². The first-order chi connectivity index (χ1) is 9.15. The number of hydrogen-bond acceptors (Lipinski definition) is 5. The van der Waals surface area contributed by atoms with Gasteiger partial charge in [0, 0.05) is 0 Å². The van der Waals surface area contributed by atoms with Gasteiger partial charge < -0.3 is 9.52 Å². The quantitative estimate of drug-likeness (QED) is 0.901. The maximum Gasteiger partial charge on any atom is 0.305 e. The molecule has 19 heavy (non-hydrogen) atoms. The number of rotatable bonds is 5. The summed E-state index contributed by atoms with van der Waals surface area (Å²) in [6, 6.07) is 3.01. The van der Waals surface area contributed by atoms with Crippen molar-refractivity contribution in [2.45, 2.75) is 25.3 Å². The van der Waals surface area contributed by atoms with Gasteiger partial charge in [-0.05, 0) is 52.9 Å². The van der Waals surface area contributed by atoms with Gasteiger partial charge in [0.1, 0.15) is 0 Å². The Labute approximate surface area is 113 Å². The summed E-state index contributed by atoms with van der Waals surface area (Å²) in [6.07, 6.45) is 1.99. The predicted molar refractivity (Wildman–Crippen MR) is 64.5 cm³/mol. The zero-order chi connectivity index (χ0) is 13.4. The van der Waals surface area contributed by atoms with E-state index in [1.54, 1.807) is 12.1 Å². The van der Waals surface area contributed by atoms with Gasteiger partial charge in [-0.15, -0.1) is 5.10 Å². The standard InChI is InChI=1S/C11H11ClN4O3/c12-9-4-3-8(19-9)11-13-14-15-16(11)7(5-10(17)18)6-1-2-6/h3-4,6-7H,1-2,5H2,(H,17,18).